The standard InChI is InChI=1S/C10H11BrFNO2/c1-6(10(14)15-2)13-9-5-7(11)3-4-8(9)12/h3-6,13H,1-2H3. The van der Waals surface area contributed by atoms with E-state index in [-0.39, 0.29) is 5.69 Å². The Kier molecular flexibility index (Phi) is 4.08. The third-order valence-electron chi connectivity index (χ3n) is 1.86. The molecule has 3 nitrogen and oxygen atoms in total. The van der Waals surface area contributed by atoms with E-state index in [0.29, 0.717) is 0 Å². The molecule has 0 aliphatic heterocycles. The maximum absolute atomic E-state index is 13.3. The second kappa shape index (κ2) is 5.11. The van der Waals surface area contributed by atoms with Crippen LogP contribution in [0.2, 0.25) is 0 Å². The van der Waals surface area contributed by atoms with Gasteiger partial charge in [-0.1, -0.05) is 15.9 Å². The number of carbonyl (C=O) groups is 1. The molecular weight excluding hydrogens is 265 g/mol. The molecule has 82 valence electrons. The molecule has 1 atom stereocenters. The smallest absolute Gasteiger partial charge is 0.327 e. The molecule has 0 aliphatic rings. The van der Waals surface area contributed by atoms with Crippen LogP contribution in [0.3, 0.4) is 0 Å². The van der Waals surface area contributed by atoms with Crippen molar-refractivity contribution in [1.29, 1.82) is 0 Å². The number of carbonyl (C=O) groups excluding carboxylic acids is 1. The highest BCUT2D eigenvalue weighted by molar-refractivity contribution is 9.10. The van der Waals surface area contributed by atoms with Crippen LogP contribution in [0, 0.1) is 5.82 Å². The first-order valence-corrected chi connectivity index (χ1v) is 5.13. The zero-order valence-corrected chi connectivity index (χ0v) is 9.97. The minimum absolute atomic E-state index is 0.266. The van der Waals surface area contributed by atoms with Gasteiger partial charge in [0.2, 0.25) is 0 Å². The fourth-order valence-electron chi connectivity index (χ4n) is 1.08. The van der Waals surface area contributed by atoms with E-state index in [1.54, 1.807) is 19.1 Å². The summed E-state index contributed by atoms with van der Waals surface area (Å²) in [7, 11) is 1.29. The third-order valence-corrected chi connectivity index (χ3v) is 2.35. The summed E-state index contributed by atoms with van der Waals surface area (Å²) >= 11 is 3.22. The molecule has 1 aromatic rings. The molecule has 0 fully saturated rings. The average Bonchev–Trinajstić information content (AvgIpc) is 2.22. The van der Waals surface area contributed by atoms with Crippen molar-refractivity contribution in [1.82, 2.24) is 0 Å². The average molecular weight is 276 g/mol. The monoisotopic (exact) mass is 275 g/mol. The highest BCUT2D eigenvalue weighted by atomic mass is 79.9. The highest BCUT2D eigenvalue weighted by Crippen LogP contribution is 2.20. The molecule has 0 saturated carbocycles. The summed E-state index contributed by atoms with van der Waals surface area (Å²) in [5.74, 6) is -0.844. The Labute approximate surface area is 95.7 Å². The minimum Gasteiger partial charge on any atom is -0.467 e. The van der Waals surface area contributed by atoms with E-state index in [4.69, 9.17) is 0 Å². The number of ether oxygens (including phenoxy) is 1. The largest absolute Gasteiger partial charge is 0.467 e. The summed E-state index contributed by atoms with van der Waals surface area (Å²) in [4.78, 5) is 11.1. The first kappa shape index (κ1) is 12.0. The maximum atomic E-state index is 13.3. The van der Waals surface area contributed by atoms with E-state index in [2.05, 4.69) is 26.0 Å². The van der Waals surface area contributed by atoms with Gasteiger partial charge in [0.1, 0.15) is 11.9 Å². The molecule has 1 unspecified atom stereocenters. The van der Waals surface area contributed by atoms with Gasteiger partial charge in [-0.15, -0.1) is 0 Å². The zero-order chi connectivity index (χ0) is 11.4. The predicted octanol–water partition coefficient (Wildman–Crippen LogP) is 2.56. The quantitative estimate of drug-likeness (QED) is 0.862. The second-order valence-corrected chi connectivity index (χ2v) is 3.93. The van der Waals surface area contributed by atoms with E-state index in [1.807, 2.05) is 0 Å². The Morgan fingerprint density at radius 2 is 2.27 bits per heavy atom. The fraction of sp³-hybridized carbons (Fsp3) is 0.300. The number of nitrogens with one attached hydrogen (secondary N) is 1. The molecule has 0 spiro atoms. The van der Waals surface area contributed by atoms with Gasteiger partial charge in [-0.2, -0.15) is 0 Å². The van der Waals surface area contributed by atoms with Crippen molar-refractivity contribution in [2.45, 2.75) is 13.0 Å². The van der Waals surface area contributed by atoms with Crippen LogP contribution in [0.5, 0.6) is 0 Å². The van der Waals surface area contributed by atoms with Crippen LogP contribution in [0.15, 0.2) is 22.7 Å². The van der Waals surface area contributed by atoms with Crippen LogP contribution in [-0.4, -0.2) is 19.1 Å². The molecule has 0 amide bonds. The van der Waals surface area contributed by atoms with Crippen molar-refractivity contribution in [3.05, 3.63) is 28.5 Å². The SMILES string of the molecule is COC(=O)C(C)Nc1cc(Br)ccc1F. The Bertz CT molecular complexity index is 370. The van der Waals surface area contributed by atoms with Crippen molar-refractivity contribution in [3.63, 3.8) is 0 Å². The number of rotatable bonds is 3. The first-order valence-electron chi connectivity index (χ1n) is 4.34. The number of hydrogen-bond acceptors (Lipinski definition) is 3. The van der Waals surface area contributed by atoms with E-state index >= 15 is 0 Å². The summed E-state index contributed by atoms with van der Waals surface area (Å²) in [5.41, 5.74) is 0.266. The number of anilines is 1. The summed E-state index contributed by atoms with van der Waals surface area (Å²) in [5, 5.41) is 2.72. The lowest BCUT2D eigenvalue weighted by molar-refractivity contribution is -0.141. The molecule has 1 N–H and O–H groups in total. The normalized spacial score (nSPS) is 12.0. The number of methoxy groups -OCH3 is 1. The Hall–Kier alpha value is -1.10. The molecule has 0 aromatic heterocycles. The van der Waals surface area contributed by atoms with Gasteiger partial charge in [-0.25, -0.2) is 9.18 Å². The predicted molar refractivity (Wildman–Crippen MR) is 59.2 cm³/mol. The van der Waals surface area contributed by atoms with Gasteiger partial charge < -0.3 is 10.1 Å². The number of benzene rings is 1. The van der Waals surface area contributed by atoms with Gasteiger partial charge in [0.05, 0.1) is 12.8 Å². The van der Waals surface area contributed by atoms with Crippen molar-refractivity contribution < 1.29 is 13.9 Å². The lowest BCUT2D eigenvalue weighted by Crippen LogP contribution is -2.27. The minimum atomic E-state index is -0.584. The molecule has 0 radical (unpaired) electrons. The van der Waals surface area contributed by atoms with E-state index in [1.165, 1.54) is 13.2 Å². The van der Waals surface area contributed by atoms with Crippen molar-refractivity contribution in [2.24, 2.45) is 0 Å². The summed E-state index contributed by atoms with van der Waals surface area (Å²) in [6.45, 7) is 1.60. The molecule has 1 rings (SSSR count). The molecule has 0 heterocycles. The maximum Gasteiger partial charge on any atom is 0.327 e. The third kappa shape index (κ3) is 3.20. The van der Waals surface area contributed by atoms with Gasteiger partial charge in [0.15, 0.2) is 0 Å². The van der Waals surface area contributed by atoms with Crippen LogP contribution in [0.25, 0.3) is 0 Å². The molecule has 5 heteroatoms. The van der Waals surface area contributed by atoms with E-state index in [0.717, 1.165) is 4.47 Å². The Morgan fingerprint density at radius 3 is 2.87 bits per heavy atom. The van der Waals surface area contributed by atoms with Crippen molar-refractivity contribution in [3.8, 4) is 0 Å². The second-order valence-electron chi connectivity index (χ2n) is 3.01. The van der Waals surface area contributed by atoms with E-state index in [9.17, 15) is 9.18 Å². The highest BCUT2D eigenvalue weighted by Gasteiger charge is 2.14. The molecule has 1 aromatic carbocycles. The van der Waals surface area contributed by atoms with Gasteiger partial charge in [0.25, 0.3) is 0 Å². The van der Waals surface area contributed by atoms with Crippen LogP contribution in [0.4, 0.5) is 10.1 Å². The van der Waals surface area contributed by atoms with Gasteiger partial charge >= 0.3 is 5.97 Å². The molecular formula is C10H11BrFNO2. The van der Waals surface area contributed by atoms with Crippen LogP contribution in [0.1, 0.15) is 6.92 Å². The van der Waals surface area contributed by atoms with Gasteiger partial charge in [-0.3, -0.25) is 0 Å². The first-order chi connectivity index (χ1) is 7.04. The summed E-state index contributed by atoms with van der Waals surface area (Å²) in [6, 6.07) is 3.88. The Balaban J connectivity index is 2.80. The molecule has 0 bridgehead atoms. The van der Waals surface area contributed by atoms with Crippen molar-refractivity contribution in [2.75, 3.05) is 12.4 Å². The van der Waals surface area contributed by atoms with Crippen LogP contribution < -0.4 is 5.32 Å². The van der Waals surface area contributed by atoms with E-state index < -0.39 is 17.8 Å². The van der Waals surface area contributed by atoms with Gasteiger partial charge in [0, 0.05) is 4.47 Å². The molecule has 15 heavy (non-hydrogen) atoms. The number of hydrogen-bond donors (Lipinski definition) is 1. The van der Waals surface area contributed by atoms with Gasteiger partial charge in [-0.05, 0) is 25.1 Å². The fourth-order valence-corrected chi connectivity index (χ4v) is 1.44. The lowest BCUT2D eigenvalue weighted by atomic mass is 10.2. The number of halogens is 2. The van der Waals surface area contributed by atoms with Crippen LogP contribution in [-0.2, 0) is 9.53 Å². The zero-order valence-electron chi connectivity index (χ0n) is 8.38. The molecule has 0 saturated heterocycles. The summed E-state index contributed by atoms with van der Waals surface area (Å²) < 4.78 is 18.5. The Morgan fingerprint density at radius 1 is 1.60 bits per heavy atom. The van der Waals surface area contributed by atoms with Crippen LogP contribution >= 0.6 is 15.9 Å². The number of esters is 1. The lowest BCUT2D eigenvalue weighted by Gasteiger charge is -2.13. The van der Waals surface area contributed by atoms with Crippen molar-refractivity contribution >= 4 is 27.6 Å². The topological polar surface area (TPSA) is 38.3 Å². The summed E-state index contributed by atoms with van der Waals surface area (Å²) in [6.07, 6.45) is 0. The molecule has 0 aliphatic carbocycles.